The predicted molar refractivity (Wildman–Crippen MR) is 104 cm³/mol. The van der Waals surface area contributed by atoms with Crippen molar-refractivity contribution in [3.8, 4) is 0 Å². The molecule has 4 aromatic rings. The van der Waals surface area contributed by atoms with E-state index in [1.165, 1.54) is 16.8 Å². The first kappa shape index (κ1) is 16.3. The molecule has 5 nitrogen and oxygen atoms in total. The van der Waals surface area contributed by atoms with Gasteiger partial charge in [0.2, 0.25) is 0 Å². The highest BCUT2D eigenvalue weighted by molar-refractivity contribution is 5.91. The van der Waals surface area contributed by atoms with Crippen LogP contribution in [0.25, 0.3) is 11.0 Å². The van der Waals surface area contributed by atoms with E-state index in [-0.39, 0.29) is 0 Å². The van der Waals surface area contributed by atoms with Crippen LogP contribution in [0.4, 0.5) is 5.82 Å². The maximum Gasteiger partial charge on any atom is 0.146 e. The molecule has 0 amide bonds. The Bertz CT molecular complexity index is 1020. The van der Waals surface area contributed by atoms with Crippen molar-refractivity contribution in [1.29, 1.82) is 0 Å². The predicted octanol–water partition coefficient (Wildman–Crippen LogP) is 4.10. The normalized spacial score (nSPS) is 11.0. The summed E-state index contributed by atoms with van der Waals surface area (Å²) in [6.07, 6.45) is 5.33. The average Bonchev–Trinajstić information content (AvgIpc) is 2.93. The third kappa shape index (κ3) is 3.04. The van der Waals surface area contributed by atoms with Crippen LogP contribution in [-0.2, 0) is 13.1 Å². The summed E-state index contributed by atoms with van der Waals surface area (Å²) in [6.45, 7) is 5.75. The van der Waals surface area contributed by atoms with Crippen LogP contribution in [0.3, 0.4) is 0 Å². The zero-order valence-corrected chi connectivity index (χ0v) is 15.0. The first-order chi connectivity index (χ1) is 12.7. The van der Waals surface area contributed by atoms with E-state index in [0.29, 0.717) is 0 Å². The minimum Gasteiger partial charge on any atom is -0.365 e. The number of hydrogen-bond acceptors (Lipinski definition) is 4. The number of hydrogen-bond donors (Lipinski definition) is 1. The molecule has 0 radical (unpaired) electrons. The molecule has 0 saturated heterocycles. The number of benzene rings is 1. The van der Waals surface area contributed by atoms with Crippen molar-refractivity contribution in [2.75, 3.05) is 5.32 Å². The first-order valence-corrected chi connectivity index (χ1v) is 8.71. The van der Waals surface area contributed by atoms with Crippen LogP contribution in [0.1, 0.15) is 22.4 Å². The molecular formula is C21H21N5. The summed E-state index contributed by atoms with van der Waals surface area (Å²) >= 11 is 0. The van der Waals surface area contributed by atoms with Gasteiger partial charge in [0.1, 0.15) is 17.8 Å². The van der Waals surface area contributed by atoms with Gasteiger partial charge in [0.15, 0.2) is 0 Å². The van der Waals surface area contributed by atoms with Gasteiger partial charge in [-0.05, 0) is 36.6 Å². The molecule has 3 heterocycles. The second kappa shape index (κ2) is 6.96. The number of nitrogens with zero attached hydrogens (tertiary/aromatic N) is 4. The van der Waals surface area contributed by atoms with E-state index in [0.717, 1.165) is 35.5 Å². The Kier molecular flexibility index (Phi) is 4.35. The smallest absolute Gasteiger partial charge is 0.146 e. The van der Waals surface area contributed by atoms with Crippen molar-refractivity contribution >= 4 is 16.9 Å². The van der Waals surface area contributed by atoms with Crippen molar-refractivity contribution in [1.82, 2.24) is 19.5 Å². The van der Waals surface area contributed by atoms with E-state index in [1.54, 1.807) is 12.5 Å². The first-order valence-electron chi connectivity index (χ1n) is 8.71. The molecule has 4 rings (SSSR count). The SMILES string of the molecule is Cc1c(C)n(Cc2cccnc2)c2ncnc(NCc3ccccc3)c12. The van der Waals surface area contributed by atoms with Gasteiger partial charge in [0.25, 0.3) is 0 Å². The fraction of sp³-hybridized carbons (Fsp3) is 0.190. The molecule has 26 heavy (non-hydrogen) atoms. The maximum absolute atomic E-state index is 4.57. The van der Waals surface area contributed by atoms with Crippen LogP contribution in [0.2, 0.25) is 0 Å². The molecule has 3 aromatic heterocycles. The van der Waals surface area contributed by atoms with Crippen LogP contribution in [0, 0.1) is 13.8 Å². The molecule has 0 saturated carbocycles. The summed E-state index contributed by atoms with van der Waals surface area (Å²) in [5.74, 6) is 0.879. The second-order valence-corrected chi connectivity index (χ2v) is 6.42. The quantitative estimate of drug-likeness (QED) is 0.593. The molecule has 0 unspecified atom stereocenters. The monoisotopic (exact) mass is 343 g/mol. The number of anilines is 1. The third-order valence-electron chi connectivity index (χ3n) is 4.77. The highest BCUT2D eigenvalue weighted by Gasteiger charge is 2.16. The molecule has 5 heteroatoms. The molecule has 0 aliphatic rings. The topological polar surface area (TPSA) is 55.6 Å². The van der Waals surface area contributed by atoms with Gasteiger partial charge in [0.05, 0.1) is 11.9 Å². The fourth-order valence-electron chi connectivity index (χ4n) is 3.25. The van der Waals surface area contributed by atoms with Gasteiger partial charge in [-0.15, -0.1) is 0 Å². The zero-order valence-electron chi connectivity index (χ0n) is 15.0. The summed E-state index contributed by atoms with van der Waals surface area (Å²) in [5.41, 5.74) is 5.75. The average molecular weight is 343 g/mol. The van der Waals surface area contributed by atoms with Crippen LogP contribution in [0.5, 0.6) is 0 Å². The minimum absolute atomic E-state index is 0.735. The summed E-state index contributed by atoms with van der Waals surface area (Å²) in [4.78, 5) is 13.3. The fourth-order valence-corrected chi connectivity index (χ4v) is 3.25. The molecule has 0 aliphatic heterocycles. The molecule has 1 N–H and O–H groups in total. The van der Waals surface area contributed by atoms with E-state index < -0.39 is 0 Å². The lowest BCUT2D eigenvalue weighted by atomic mass is 10.2. The van der Waals surface area contributed by atoms with Crippen molar-refractivity contribution in [2.45, 2.75) is 26.9 Å². The number of pyridine rings is 1. The number of aromatic nitrogens is 4. The number of rotatable bonds is 5. The van der Waals surface area contributed by atoms with Gasteiger partial charge in [-0.3, -0.25) is 4.98 Å². The molecular weight excluding hydrogens is 322 g/mol. The van der Waals surface area contributed by atoms with Gasteiger partial charge in [-0.25, -0.2) is 9.97 Å². The lowest BCUT2D eigenvalue weighted by Gasteiger charge is -2.09. The van der Waals surface area contributed by atoms with E-state index in [1.807, 2.05) is 30.5 Å². The third-order valence-corrected chi connectivity index (χ3v) is 4.77. The van der Waals surface area contributed by atoms with Gasteiger partial charge >= 0.3 is 0 Å². The molecule has 1 aromatic carbocycles. The Morgan fingerprint density at radius 2 is 1.77 bits per heavy atom. The van der Waals surface area contributed by atoms with Crippen LogP contribution in [0.15, 0.2) is 61.2 Å². The molecule has 130 valence electrons. The van der Waals surface area contributed by atoms with Gasteiger partial charge in [-0.1, -0.05) is 36.4 Å². The largest absolute Gasteiger partial charge is 0.365 e. The lowest BCUT2D eigenvalue weighted by molar-refractivity contribution is 0.786. The Morgan fingerprint density at radius 3 is 2.54 bits per heavy atom. The molecule has 0 aliphatic carbocycles. The Balaban J connectivity index is 1.71. The van der Waals surface area contributed by atoms with Crippen LogP contribution in [-0.4, -0.2) is 19.5 Å². The minimum atomic E-state index is 0.735. The van der Waals surface area contributed by atoms with Crippen molar-refractivity contribution in [2.24, 2.45) is 0 Å². The van der Waals surface area contributed by atoms with Gasteiger partial charge in [-0.2, -0.15) is 0 Å². The van der Waals surface area contributed by atoms with Crippen molar-refractivity contribution < 1.29 is 0 Å². The summed E-state index contributed by atoms with van der Waals surface area (Å²) in [6, 6.07) is 14.4. The second-order valence-electron chi connectivity index (χ2n) is 6.42. The summed E-state index contributed by atoms with van der Waals surface area (Å²) in [5, 5.41) is 4.56. The van der Waals surface area contributed by atoms with Gasteiger partial charge < -0.3 is 9.88 Å². The maximum atomic E-state index is 4.57. The van der Waals surface area contributed by atoms with Crippen LogP contribution < -0.4 is 5.32 Å². The molecule has 0 spiro atoms. The van der Waals surface area contributed by atoms with Crippen LogP contribution >= 0.6 is 0 Å². The van der Waals surface area contributed by atoms with E-state index in [2.05, 4.69) is 56.9 Å². The highest BCUT2D eigenvalue weighted by atomic mass is 15.1. The summed E-state index contributed by atoms with van der Waals surface area (Å²) in [7, 11) is 0. The zero-order chi connectivity index (χ0) is 17.9. The molecule has 0 atom stereocenters. The standard InChI is InChI=1S/C21H21N5/c1-15-16(2)26(13-18-9-6-10-22-11-18)21-19(15)20(24-14-25-21)23-12-17-7-4-3-5-8-17/h3-11,14H,12-13H2,1-2H3,(H,23,24,25). The number of aryl methyl sites for hydroxylation is 1. The lowest BCUT2D eigenvalue weighted by Crippen LogP contribution is -2.05. The van der Waals surface area contributed by atoms with Crippen molar-refractivity contribution in [3.05, 3.63) is 83.6 Å². The molecule has 0 fully saturated rings. The number of nitrogens with one attached hydrogen (secondary N) is 1. The van der Waals surface area contributed by atoms with E-state index in [4.69, 9.17) is 0 Å². The van der Waals surface area contributed by atoms with Crippen molar-refractivity contribution in [3.63, 3.8) is 0 Å². The Hall–Kier alpha value is -3.21. The number of fused-ring (bicyclic) bond motifs is 1. The summed E-state index contributed by atoms with van der Waals surface area (Å²) < 4.78 is 2.23. The van der Waals surface area contributed by atoms with Gasteiger partial charge in [0, 0.05) is 24.6 Å². The Labute approximate surface area is 152 Å². The Morgan fingerprint density at radius 1 is 0.962 bits per heavy atom. The van der Waals surface area contributed by atoms with E-state index in [9.17, 15) is 0 Å². The highest BCUT2D eigenvalue weighted by Crippen LogP contribution is 2.29. The molecule has 0 bridgehead atoms. The van der Waals surface area contributed by atoms with E-state index >= 15 is 0 Å².